The topological polar surface area (TPSA) is 92.9 Å². The zero-order chi connectivity index (χ0) is 13.8. The summed E-state index contributed by atoms with van der Waals surface area (Å²) in [6, 6.07) is 0.667. The van der Waals surface area contributed by atoms with Crippen molar-refractivity contribution in [2.75, 3.05) is 25.2 Å². The molecule has 1 N–H and O–H groups in total. The minimum absolute atomic E-state index is 0.116. The summed E-state index contributed by atoms with van der Waals surface area (Å²) in [4.78, 5) is 24.7. The number of carbonyl (C=O) groups excluding carboxylic acids is 1. The Kier molecular flexibility index (Phi) is 4.43. The molecule has 8 heteroatoms. The van der Waals surface area contributed by atoms with Crippen LogP contribution in [0.25, 0.3) is 0 Å². The first-order chi connectivity index (χ1) is 9.13. The van der Waals surface area contributed by atoms with Crippen LogP contribution in [0, 0.1) is 0 Å². The number of rotatable bonds is 4. The van der Waals surface area contributed by atoms with Crippen LogP contribution in [0.15, 0.2) is 10.6 Å². The summed E-state index contributed by atoms with van der Waals surface area (Å²) in [7, 11) is 1.51. The maximum absolute atomic E-state index is 12.2. The van der Waals surface area contributed by atoms with E-state index >= 15 is 0 Å². The molecule has 1 unspecified atom stereocenters. The van der Waals surface area contributed by atoms with Crippen molar-refractivity contribution in [3.63, 3.8) is 0 Å². The van der Waals surface area contributed by atoms with Gasteiger partial charge in [-0.2, -0.15) is 11.8 Å². The van der Waals surface area contributed by atoms with Gasteiger partial charge in [-0.1, -0.05) is 5.16 Å². The number of carboxylic acids is 1. The van der Waals surface area contributed by atoms with Crippen LogP contribution in [-0.4, -0.2) is 58.2 Å². The quantitative estimate of drug-likeness (QED) is 0.859. The van der Waals surface area contributed by atoms with Crippen molar-refractivity contribution in [3.8, 4) is 0 Å². The number of aromatic nitrogens is 1. The molecule has 0 spiro atoms. The van der Waals surface area contributed by atoms with Gasteiger partial charge in [0.25, 0.3) is 5.91 Å². The van der Waals surface area contributed by atoms with Crippen molar-refractivity contribution in [2.24, 2.45) is 0 Å². The smallest absolute Gasteiger partial charge is 0.327 e. The maximum Gasteiger partial charge on any atom is 0.327 e. The molecule has 104 valence electrons. The van der Waals surface area contributed by atoms with Gasteiger partial charge in [0, 0.05) is 31.2 Å². The van der Waals surface area contributed by atoms with Crippen LogP contribution >= 0.6 is 11.8 Å². The Morgan fingerprint density at radius 1 is 1.68 bits per heavy atom. The van der Waals surface area contributed by atoms with Crippen molar-refractivity contribution in [3.05, 3.63) is 17.5 Å². The van der Waals surface area contributed by atoms with E-state index in [0.29, 0.717) is 18.1 Å². The van der Waals surface area contributed by atoms with E-state index in [1.54, 1.807) is 0 Å². The predicted molar refractivity (Wildman–Crippen MR) is 67.0 cm³/mol. The highest BCUT2D eigenvalue weighted by Crippen LogP contribution is 2.19. The number of amides is 1. The lowest BCUT2D eigenvalue weighted by Crippen LogP contribution is -2.50. The molecule has 1 aliphatic rings. The van der Waals surface area contributed by atoms with Crippen molar-refractivity contribution in [2.45, 2.75) is 12.6 Å². The highest BCUT2D eigenvalue weighted by Gasteiger charge is 2.34. The molecule has 0 aromatic carbocycles. The van der Waals surface area contributed by atoms with Crippen LogP contribution in [0.1, 0.15) is 16.2 Å². The first-order valence-electron chi connectivity index (χ1n) is 5.69. The summed E-state index contributed by atoms with van der Waals surface area (Å²) in [5, 5.41) is 12.8. The lowest BCUT2D eigenvalue weighted by molar-refractivity contribution is -0.141. The lowest BCUT2D eigenvalue weighted by Gasteiger charge is -2.31. The number of hydrogen-bond donors (Lipinski definition) is 1. The number of carboxylic acid groups (broad SMARTS) is 1. The maximum atomic E-state index is 12.2. The number of hydrogen-bond acceptors (Lipinski definition) is 6. The first-order valence-corrected chi connectivity index (χ1v) is 6.85. The Hall–Kier alpha value is -1.54. The Morgan fingerprint density at radius 2 is 2.47 bits per heavy atom. The van der Waals surface area contributed by atoms with Crippen LogP contribution in [0.3, 0.4) is 0 Å². The molecule has 1 aliphatic heterocycles. The van der Waals surface area contributed by atoms with Gasteiger partial charge in [0.2, 0.25) is 0 Å². The molecule has 0 saturated carbocycles. The minimum atomic E-state index is -0.999. The average Bonchev–Trinajstić information content (AvgIpc) is 2.87. The summed E-state index contributed by atoms with van der Waals surface area (Å²) in [5.74, 6) is 0.131. The minimum Gasteiger partial charge on any atom is -0.480 e. The average molecular weight is 286 g/mol. The number of thioether (sulfide) groups is 1. The van der Waals surface area contributed by atoms with E-state index in [1.807, 2.05) is 0 Å². The summed E-state index contributed by atoms with van der Waals surface area (Å²) in [6.07, 6.45) is 0. The van der Waals surface area contributed by atoms with Crippen LogP contribution in [-0.2, 0) is 16.1 Å². The third-order valence-electron chi connectivity index (χ3n) is 2.74. The molecule has 7 nitrogen and oxygen atoms in total. The molecule has 19 heavy (non-hydrogen) atoms. The molecule has 1 atom stereocenters. The van der Waals surface area contributed by atoms with E-state index in [2.05, 4.69) is 5.16 Å². The van der Waals surface area contributed by atoms with Crippen LogP contribution < -0.4 is 0 Å². The van der Waals surface area contributed by atoms with Gasteiger partial charge in [0.05, 0.1) is 0 Å². The standard InChI is InChI=1S/C11H14N2O5S/c1-17-5-7-4-8(12-18-7)10(14)13-2-3-19-6-9(13)11(15)16/h4,9H,2-3,5-6H2,1H3,(H,15,16). The van der Waals surface area contributed by atoms with Gasteiger partial charge in [0.1, 0.15) is 12.6 Å². The molecule has 1 aromatic heterocycles. The number of aliphatic carboxylic acids is 1. The van der Waals surface area contributed by atoms with Crippen molar-refractivity contribution < 1.29 is 24.0 Å². The van der Waals surface area contributed by atoms with E-state index < -0.39 is 17.9 Å². The molecule has 0 bridgehead atoms. The van der Waals surface area contributed by atoms with Crippen LogP contribution in [0.5, 0.6) is 0 Å². The first kappa shape index (κ1) is 13.9. The zero-order valence-corrected chi connectivity index (χ0v) is 11.2. The molecule has 1 saturated heterocycles. The SMILES string of the molecule is COCc1cc(C(=O)N2CCSCC2C(=O)O)no1. The van der Waals surface area contributed by atoms with E-state index in [1.165, 1.54) is 29.8 Å². The van der Waals surface area contributed by atoms with Gasteiger partial charge < -0.3 is 19.3 Å². The number of ether oxygens (including phenoxy) is 1. The Labute approximate surface area is 113 Å². The molecule has 0 radical (unpaired) electrons. The molecule has 1 amide bonds. The Balaban J connectivity index is 2.14. The molecule has 1 aromatic rings. The lowest BCUT2D eigenvalue weighted by atomic mass is 10.2. The van der Waals surface area contributed by atoms with Crippen LogP contribution in [0.2, 0.25) is 0 Å². The Bertz CT molecular complexity index is 475. The third kappa shape index (κ3) is 3.07. The second kappa shape index (κ2) is 6.07. The van der Waals surface area contributed by atoms with Crippen molar-refractivity contribution in [1.82, 2.24) is 10.1 Å². The highest BCUT2D eigenvalue weighted by atomic mass is 32.2. The van der Waals surface area contributed by atoms with Gasteiger partial charge >= 0.3 is 5.97 Å². The normalized spacial score (nSPS) is 19.4. The van der Waals surface area contributed by atoms with Gasteiger partial charge in [-0.15, -0.1) is 0 Å². The zero-order valence-electron chi connectivity index (χ0n) is 10.4. The molecule has 1 fully saturated rings. The van der Waals surface area contributed by atoms with Gasteiger partial charge in [-0.3, -0.25) is 4.79 Å². The second-order valence-electron chi connectivity index (χ2n) is 4.04. The van der Waals surface area contributed by atoms with E-state index in [4.69, 9.17) is 14.4 Å². The summed E-state index contributed by atoms with van der Waals surface area (Å²) >= 11 is 1.52. The summed E-state index contributed by atoms with van der Waals surface area (Å²) in [5.41, 5.74) is 0.116. The summed E-state index contributed by atoms with van der Waals surface area (Å²) < 4.78 is 9.81. The van der Waals surface area contributed by atoms with Gasteiger partial charge in [-0.25, -0.2) is 4.79 Å². The fourth-order valence-corrected chi connectivity index (χ4v) is 2.86. The van der Waals surface area contributed by atoms with Crippen molar-refractivity contribution >= 4 is 23.6 Å². The largest absolute Gasteiger partial charge is 0.480 e. The van der Waals surface area contributed by atoms with E-state index in [9.17, 15) is 9.59 Å². The van der Waals surface area contributed by atoms with Crippen molar-refractivity contribution in [1.29, 1.82) is 0 Å². The molecular weight excluding hydrogens is 272 g/mol. The van der Waals surface area contributed by atoms with Crippen LogP contribution in [0.4, 0.5) is 0 Å². The van der Waals surface area contributed by atoms with E-state index in [-0.39, 0.29) is 12.3 Å². The van der Waals surface area contributed by atoms with E-state index in [0.717, 1.165) is 5.75 Å². The molecule has 2 rings (SSSR count). The van der Waals surface area contributed by atoms with Gasteiger partial charge in [-0.05, 0) is 0 Å². The molecule has 0 aliphatic carbocycles. The molecular formula is C11H14N2O5S. The second-order valence-corrected chi connectivity index (χ2v) is 5.19. The predicted octanol–water partition coefficient (Wildman–Crippen LogP) is 0.463. The molecule has 2 heterocycles. The Morgan fingerprint density at radius 3 is 3.16 bits per heavy atom. The monoisotopic (exact) mass is 286 g/mol. The highest BCUT2D eigenvalue weighted by molar-refractivity contribution is 7.99. The fourth-order valence-electron chi connectivity index (χ4n) is 1.82. The number of nitrogens with zero attached hydrogens (tertiary/aromatic N) is 2. The number of carbonyl (C=O) groups is 2. The fraction of sp³-hybridized carbons (Fsp3) is 0.545. The third-order valence-corrected chi connectivity index (χ3v) is 3.76. The summed E-state index contributed by atoms with van der Waals surface area (Å²) in [6.45, 7) is 0.616. The van der Waals surface area contributed by atoms with Gasteiger partial charge in [0.15, 0.2) is 11.5 Å². The number of methoxy groups -OCH3 is 1.